The van der Waals surface area contributed by atoms with Gasteiger partial charge in [0.1, 0.15) is 5.75 Å². The molecule has 100 valence electrons. The van der Waals surface area contributed by atoms with Gasteiger partial charge < -0.3 is 9.64 Å². The first-order valence-corrected chi connectivity index (χ1v) is 6.65. The van der Waals surface area contributed by atoms with Crippen molar-refractivity contribution in [1.29, 1.82) is 0 Å². The summed E-state index contributed by atoms with van der Waals surface area (Å²) in [5.74, 6) is 0.923. The van der Waals surface area contributed by atoms with E-state index in [1.807, 2.05) is 12.1 Å². The first-order chi connectivity index (χ1) is 8.50. The van der Waals surface area contributed by atoms with Gasteiger partial charge in [-0.15, -0.1) is 0 Å². The van der Waals surface area contributed by atoms with Crippen LogP contribution >= 0.6 is 0 Å². The number of hydrogen-bond donors (Lipinski definition) is 0. The summed E-state index contributed by atoms with van der Waals surface area (Å²) >= 11 is 0. The summed E-state index contributed by atoms with van der Waals surface area (Å²) in [6, 6.07) is 8.36. The van der Waals surface area contributed by atoms with Crippen LogP contribution in [0.25, 0.3) is 0 Å². The summed E-state index contributed by atoms with van der Waals surface area (Å²) in [6.45, 7) is 11.3. The molecule has 1 aromatic carbocycles. The first kappa shape index (κ1) is 13.2. The van der Waals surface area contributed by atoms with Gasteiger partial charge in [0.15, 0.2) is 0 Å². The molecule has 0 saturated carbocycles. The SMILES string of the molecule is COc1ccc(N2CCN(C(C)(C)C)CC2)cc1. The Labute approximate surface area is 110 Å². The Bertz CT molecular complexity index is 372. The Kier molecular flexibility index (Phi) is 3.81. The van der Waals surface area contributed by atoms with Crippen LogP contribution < -0.4 is 9.64 Å². The number of benzene rings is 1. The number of piperazine rings is 1. The molecule has 0 unspecified atom stereocenters. The van der Waals surface area contributed by atoms with E-state index in [1.165, 1.54) is 5.69 Å². The van der Waals surface area contributed by atoms with E-state index in [0.717, 1.165) is 31.9 Å². The predicted octanol–water partition coefficient (Wildman–Crippen LogP) is 2.62. The van der Waals surface area contributed by atoms with Gasteiger partial charge in [0, 0.05) is 37.4 Å². The second kappa shape index (κ2) is 5.19. The van der Waals surface area contributed by atoms with E-state index in [4.69, 9.17) is 4.74 Å². The molecule has 0 aromatic heterocycles. The lowest BCUT2D eigenvalue weighted by Crippen LogP contribution is -2.53. The maximum Gasteiger partial charge on any atom is 0.119 e. The van der Waals surface area contributed by atoms with Gasteiger partial charge >= 0.3 is 0 Å². The van der Waals surface area contributed by atoms with Gasteiger partial charge in [-0.25, -0.2) is 0 Å². The topological polar surface area (TPSA) is 15.7 Å². The second-order valence-corrected chi connectivity index (χ2v) is 5.84. The highest BCUT2D eigenvalue weighted by Crippen LogP contribution is 2.22. The number of rotatable bonds is 2. The number of methoxy groups -OCH3 is 1. The number of nitrogens with zero attached hydrogens (tertiary/aromatic N) is 2. The smallest absolute Gasteiger partial charge is 0.119 e. The minimum Gasteiger partial charge on any atom is -0.497 e. The van der Waals surface area contributed by atoms with Crippen LogP contribution in [-0.4, -0.2) is 43.7 Å². The molecule has 2 rings (SSSR count). The van der Waals surface area contributed by atoms with Crippen molar-refractivity contribution in [2.75, 3.05) is 38.2 Å². The lowest BCUT2D eigenvalue weighted by molar-refractivity contribution is 0.128. The summed E-state index contributed by atoms with van der Waals surface area (Å²) in [7, 11) is 1.71. The quantitative estimate of drug-likeness (QED) is 0.800. The third-order valence-corrected chi connectivity index (χ3v) is 3.67. The van der Waals surface area contributed by atoms with Gasteiger partial charge in [0.2, 0.25) is 0 Å². The van der Waals surface area contributed by atoms with Crippen molar-refractivity contribution < 1.29 is 4.74 Å². The molecule has 0 N–H and O–H groups in total. The Morgan fingerprint density at radius 1 is 0.944 bits per heavy atom. The molecule has 1 aromatic rings. The second-order valence-electron chi connectivity index (χ2n) is 5.84. The first-order valence-electron chi connectivity index (χ1n) is 6.65. The van der Waals surface area contributed by atoms with Crippen molar-refractivity contribution in [3.8, 4) is 5.75 Å². The minimum atomic E-state index is 0.284. The van der Waals surface area contributed by atoms with E-state index in [2.05, 4.69) is 42.7 Å². The van der Waals surface area contributed by atoms with Gasteiger partial charge in [-0.05, 0) is 45.0 Å². The molecular weight excluding hydrogens is 224 g/mol. The maximum absolute atomic E-state index is 5.19. The van der Waals surface area contributed by atoms with E-state index >= 15 is 0 Å². The van der Waals surface area contributed by atoms with Crippen LogP contribution in [0.1, 0.15) is 20.8 Å². The van der Waals surface area contributed by atoms with Crippen LogP contribution in [0.5, 0.6) is 5.75 Å². The van der Waals surface area contributed by atoms with Crippen LogP contribution in [0.2, 0.25) is 0 Å². The third kappa shape index (κ3) is 2.96. The normalized spacial score (nSPS) is 17.9. The molecule has 18 heavy (non-hydrogen) atoms. The molecule has 1 aliphatic rings. The van der Waals surface area contributed by atoms with Gasteiger partial charge in [-0.3, -0.25) is 4.90 Å². The van der Waals surface area contributed by atoms with E-state index in [-0.39, 0.29) is 5.54 Å². The zero-order chi connectivity index (χ0) is 13.2. The van der Waals surface area contributed by atoms with Crippen molar-refractivity contribution in [2.24, 2.45) is 0 Å². The van der Waals surface area contributed by atoms with Crippen LogP contribution in [0.4, 0.5) is 5.69 Å². The lowest BCUT2D eigenvalue weighted by atomic mass is 10.0. The van der Waals surface area contributed by atoms with E-state index in [0.29, 0.717) is 0 Å². The highest BCUT2D eigenvalue weighted by atomic mass is 16.5. The Morgan fingerprint density at radius 2 is 1.50 bits per heavy atom. The Balaban J connectivity index is 1.96. The maximum atomic E-state index is 5.19. The zero-order valence-electron chi connectivity index (χ0n) is 11.9. The summed E-state index contributed by atoms with van der Waals surface area (Å²) in [5, 5.41) is 0. The average Bonchev–Trinajstić information content (AvgIpc) is 2.38. The minimum absolute atomic E-state index is 0.284. The van der Waals surface area contributed by atoms with Gasteiger partial charge in [-0.2, -0.15) is 0 Å². The molecule has 1 aliphatic heterocycles. The van der Waals surface area contributed by atoms with Crippen LogP contribution in [0.3, 0.4) is 0 Å². The standard InChI is InChI=1S/C15H24N2O/c1-15(2,3)17-11-9-16(10-12-17)13-5-7-14(18-4)8-6-13/h5-8H,9-12H2,1-4H3. The number of hydrogen-bond acceptors (Lipinski definition) is 3. The van der Waals surface area contributed by atoms with Crippen molar-refractivity contribution in [3.05, 3.63) is 24.3 Å². The van der Waals surface area contributed by atoms with Crippen molar-refractivity contribution >= 4 is 5.69 Å². The van der Waals surface area contributed by atoms with E-state index < -0.39 is 0 Å². The summed E-state index contributed by atoms with van der Waals surface area (Å²) in [4.78, 5) is 4.99. The van der Waals surface area contributed by atoms with Crippen LogP contribution in [0, 0.1) is 0 Å². The fourth-order valence-corrected chi connectivity index (χ4v) is 2.43. The monoisotopic (exact) mass is 248 g/mol. The van der Waals surface area contributed by atoms with Crippen LogP contribution in [0.15, 0.2) is 24.3 Å². The largest absolute Gasteiger partial charge is 0.497 e. The van der Waals surface area contributed by atoms with Crippen molar-refractivity contribution in [3.63, 3.8) is 0 Å². The lowest BCUT2D eigenvalue weighted by Gasteiger charge is -2.43. The van der Waals surface area contributed by atoms with E-state index in [1.54, 1.807) is 7.11 Å². The highest BCUT2D eigenvalue weighted by Gasteiger charge is 2.25. The molecule has 0 radical (unpaired) electrons. The van der Waals surface area contributed by atoms with Crippen LogP contribution in [-0.2, 0) is 0 Å². The number of ether oxygens (including phenoxy) is 1. The molecule has 3 nitrogen and oxygen atoms in total. The van der Waals surface area contributed by atoms with Gasteiger partial charge in [0.05, 0.1) is 7.11 Å². The fraction of sp³-hybridized carbons (Fsp3) is 0.600. The molecular formula is C15H24N2O. The van der Waals surface area contributed by atoms with E-state index in [9.17, 15) is 0 Å². The van der Waals surface area contributed by atoms with Crippen molar-refractivity contribution in [1.82, 2.24) is 4.90 Å². The van der Waals surface area contributed by atoms with Gasteiger partial charge in [0.25, 0.3) is 0 Å². The molecule has 1 fully saturated rings. The molecule has 1 saturated heterocycles. The Hall–Kier alpha value is -1.22. The summed E-state index contributed by atoms with van der Waals surface area (Å²) < 4.78 is 5.19. The molecule has 0 atom stereocenters. The average molecular weight is 248 g/mol. The third-order valence-electron chi connectivity index (χ3n) is 3.67. The molecule has 0 amide bonds. The molecule has 1 heterocycles. The Morgan fingerprint density at radius 3 is 1.94 bits per heavy atom. The molecule has 0 bridgehead atoms. The molecule has 3 heteroatoms. The summed E-state index contributed by atoms with van der Waals surface area (Å²) in [5.41, 5.74) is 1.58. The van der Waals surface area contributed by atoms with Gasteiger partial charge in [-0.1, -0.05) is 0 Å². The number of anilines is 1. The fourth-order valence-electron chi connectivity index (χ4n) is 2.43. The zero-order valence-corrected chi connectivity index (χ0v) is 11.9. The molecule has 0 aliphatic carbocycles. The predicted molar refractivity (Wildman–Crippen MR) is 76.5 cm³/mol. The molecule has 0 spiro atoms. The highest BCUT2D eigenvalue weighted by molar-refractivity contribution is 5.49. The summed E-state index contributed by atoms with van der Waals surface area (Å²) in [6.07, 6.45) is 0. The van der Waals surface area contributed by atoms with Crippen molar-refractivity contribution in [2.45, 2.75) is 26.3 Å².